The Kier molecular flexibility index (Phi) is 4.86. The second-order valence-electron chi connectivity index (χ2n) is 6.11. The van der Waals surface area contributed by atoms with Gasteiger partial charge < -0.3 is 5.11 Å². The van der Waals surface area contributed by atoms with E-state index < -0.39 is 5.97 Å². The number of aryl methyl sites for hydroxylation is 1. The third-order valence-corrected chi connectivity index (χ3v) is 6.06. The molecule has 0 aromatic carbocycles. The highest BCUT2D eigenvalue weighted by Crippen LogP contribution is 2.41. The fraction of sp³-hybridized carbons (Fsp3) is 0.688. The minimum Gasteiger partial charge on any atom is -0.481 e. The van der Waals surface area contributed by atoms with Crippen LogP contribution in [0, 0.1) is 6.92 Å². The van der Waals surface area contributed by atoms with Crippen molar-refractivity contribution in [3.05, 3.63) is 21.9 Å². The molecule has 1 aromatic heterocycles. The van der Waals surface area contributed by atoms with Crippen LogP contribution in [0.1, 0.15) is 61.9 Å². The molecule has 1 saturated carbocycles. The number of thiophene rings is 1. The zero-order valence-corrected chi connectivity index (χ0v) is 13.5. The standard InChI is InChI=1S/C16H25NO2S/c1-12-7-10-20-15(12)13(2)17(3)16(11-14(18)19)8-5-4-6-9-16/h7,10,13H,4-6,8-9,11H2,1-3H3,(H,18,19). The largest absolute Gasteiger partial charge is 0.481 e. The van der Waals surface area contributed by atoms with Gasteiger partial charge in [0, 0.05) is 16.5 Å². The number of nitrogens with zero attached hydrogens (tertiary/aromatic N) is 1. The van der Waals surface area contributed by atoms with Crippen molar-refractivity contribution in [1.82, 2.24) is 4.90 Å². The summed E-state index contributed by atoms with van der Waals surface area (Å²) >= 11 is 1.78. The molecular formula is C16H25NO2S. The van der Waals surface area contributed by atoms with Crippen molar-refractivity contribution in [3.63, 3.8) is 0 Å². The van der Waals surface area contributed by atoms with E-state index in [4.69, 9.17) is 0 Å². The predicted molar refractivity (Wildman–Crippen MR) is 83.3 cm³/mol. The van der Waals surface area contributed by atoms with E-state index in [-0.39, 0.29) is 18.0 Å². The molecule has 1 aliphatic rings. The quantitative estimate of drug-likeness (QED) is 0.884. The number of aliphatic carboxylic acids is 1. The minimum absolute atomic E-state index is 0.167. The second-order valence-corrected chi connectivity index (χ2v) is 7.06. The molecule has 0 spiro atoms. The molecule has 2 rings (SSSR count). The van der Waals surface area contributed by atoms with Crippen molar-refractivity contribution in [2.45, 2.75) is 64.0 Å². The molecule has 1 heterocycles. The van der Waals surface area contributed by atoms with E-state index in [1.807, 2.05) is 0 Å². The topological polar surface area (TPSA) is 40.5 Å². The van der Waals surface area contributed by atoms with Crippen LogP contribution in [0.2, 0.25) is 0 Å². The fourth-order valence-corrected chi connectivity index (χ4v) is 4.57. The Balaban J connectivity index is 2.23. The smallest absolute Gasteiger partial charge is 0.305 e. The summed E-state index contributed by atoms with van der Waals surface area (Å²) in [5.41, 5.74) is 1.15. The Morgan fingerprint density at radius 3 is 2.60 bits per heavy atom. The number of hydrogen-bond acceptors (Lipinski definition) is 3. The van der Waals surface area contributed by atoms with Gasteiger partial charge in [-0.05, 0) is 50.7 Å². The molecule has 0 saturated heterocycles. The Morgan fingerprint density at radius 1 is 1.45 bits per heavy atom. The highest BCUT2D eigenvalue weighted by Gasteiger charge is 2.40. The second kappa shape index (κ2) is 6.27. The molecule has 1 atom stereocenters. The van der Waals surface area contributed by atoms with Gasteiger partial charge in [-0.25, -0.2) is 0 Å². The van der Waals surface area contributed by atoms with Gasteiger partial charge in [0.15, 0.2) is 0 Å². The highest BCUT2D eigenvalue weighted by molar-refractivity contribution is 7.10. The van der Waals surface area contributed by atoms with Crippen LogP contribution >= 0.6 is 11.3 Å². The molecule has 4 heteroatoms. The van der Waals surface area contributed by atoms with Crippen molar-refractivity contribution in [1.29, 1.82) is 0 Å². The van der Waals surface area contributed by atoms with Crippen LogP contribution < -0.4 is 0 Å². The van der Waals surface area contributed by atoms with Crippen LogP contribution in [-0.2, 0) is 4.79 Å². The number of rotatable bonds is 5. The number of hydrogen-bond donors (Lipinski definition) is 1. The van der Waals surface area contributed by atoms with Crippen molar-refractivity contribution in [2.75, 3.05) is 7.05 Å². The highest BCUT2D eigenvalue weighted by atomic mass is 32.1. The molecule has 0 amide bonds. The van der Waals surface area contributed by atoms with E-state index in [1.54, 1.807) is 11.3 Å². The van der Waals surface area contributed by atoms with Gasteiger partial charge in [-0.2, -0.15) is 0 Å². The Morgan fingerprint density at radius 2 is 2.10 bits per heavy atom. The van der Waals surface area contributed by atoms with Crippen LogP contribution in [0.25, 0.3) is 0 Å². The minimum atomic E-state index is -0.672. The van der Waals surface area contributed by atoms with Crippen molar-refractivity contribution < 1.29 is 9.90 Å². The van der Waals surface area contributed by atoms with Crippen LogP contribution in [-0.4, -0.2) is 28.6 Å². The average molecular weight is 295 g/mol. The predicted octanol–water partition coefficient (Wildman–Crippen LogP) is 4.23. The van der Waals surface area contributed by atoms with Gasteiger partial charge in [-0.1, -0.05) is 19.3 Å². The van der Waals surface area contributed by atoms with E-state index in [0.29, 0.717) is 0 Å². The van der Waals surface area contributed by atoms with Gasteiger partial charge in [0.2, 0.25) is 0 Å². The van der Waals surface area contributed by atoms with E-state index in [1.165, 1.54) is 16.9 Å². The monoisotopic (exact) mass is 295 g/mol. The van der Waals surface area contributed by atoms with Gasteiger partial charge in [-0.15, -0.1) is 11.3 Å². The van der Waals surface area contributed by atoms with E-state index >= 15 is 0 Å². The summed E-state index contributed by atoms with van der Waals surface area (Å²) in [7, 11) is 2.11. The van der Waals surface area contributed by atoms with Crippen LogP contribution in [0.5, 0.6) is 0 Å². The zero-order valence-electron chi connectivity index (χ0n) is 12.7. The summed E-state index contributed by atoms with van der Waals surface area (Å²) in [5.74, 6) is -0.672. The first kappa shape index (κ1) is 15.5. The molecule has 1 unspecified atom stereocenters. The average Bonchev–Trinajstić information content (AvgIpc) is 2.83. The van der Waals surface area contributed by atoms with E-state index in [2.05, 4.69) is 37.2 Å². The normalized spacial score (nSPS) is 20.0. The van der Waals surface area contributed by atoms with Gasteiger partial charge in [-0.3, -0.25) is 9.69 Å². The van der Waals surface area contributed by atoms with E-state index in [0.717, 1.165) is 25.7 Å². The molecule has 0 radical (unpaired) electrons. The van der Waals surface area contributed by atoms with Crippen molar-refractivity contribution in [2.24, 2.45) is 0 Å². The Hall–Kier alpha value is -0.870. The lowest BCUT2D eigenvalue weighted by Crippen LogP contribution is -2.50. The lowest BCUT2D eigenvalue weighted by atomic mass is 9.77. The maximum atomic E-state index is 11.3. The molecule has 0 bridgehead atoms. The molecular weight excluding hydrogens is 270 g/mol. The van der Waals surface area contributed by atoms with Gasteiger partial charge in [0.1, 0.15) is 0 Å². The molecule has 1 aromatic rings. The van der Waals surface area contributed by atoms with Crippen molar-refractivity contribution in [3.8, 4) is 0 Å². The van der Waals surface area contributed by atoms with Gasteiger partial charge in [0.05, 0.1) is 6.42 Å². The summed E-state index contributed by atoms with van der Waals surface area (Å²) in [6.45, 7) is 4.35. The summed E-state index contributed by atoms with van der Waals surface area (Å²) in [6.07, 6.45) is 5.80. The number of carboxylic acid groups (broad SMARTS) is 1. The Bertz CT molecular complexity index is 463. The van der Waals surface area contributed by atoms with Crippen LogP contribution in [0.4, 0.5) is 0 Å². The third kappa shape index (κ3) is 3.07. The van der Waals surface area contributed by atoms with Crippen LogP contribution in [0.3, 0.4) is 0 Å². The van der Waals surface area contributed by atoms with E-state index in [9.17, 15) is 9.90 Å². The molecule has 1 fully saturated rings. The third-order valence-electron chi connectivity index (χ3n) is 4.87. The maximum absolute atomic E-state index is 11.3. The number of carbonyl (C=O) groups is 1. The van der Waals surface area contributed by atoms with Gasteiger partial charge in [0.25, 0.3) is 0 Å². The summed E-state index contributed by atoms with van der Waals surface area (Å²) < 4.78 is 0. The van der Waals surface area contributed by atoms with Crippen molar-refractivity contribution >= 4 is 17.3 Å². The summed E-state index contributed by atoms with van der Waals surface area (Å²) in [6, 6.07) is 2.43. The molecule has 1 N–H and O–H groups in total. The maximum Gasteiger partial charge on any atom is 0.305 e. The first-order valence-corrected chi connectivity index (χ1v) is 8.33. The first-order chi connectivity index (χ1) is 9.46. The molecule has 20 heavy (non-hydrogen) atoms. The molecule has 1 aliphatic carbocycles. The lowest BCUT2D eigenvalue weighted by Gasteiger charge is -2.46. The Labute approximate surface area is 125 Å². The zero-order chi connectivity index (χ0) is 14.8. The summed E-state index contributed by atoms with van der Waals surface area (Å²) in [5, 5.41) is 11.4. The summed E-state index contributed by atoms with van der Waals surface area (Å²) in [4.78, 5) is 15.0. The molecule has 0 aliphatic heterocycles. The van der Waals surface area contributed by atoms with Crippen LogP contribution in [0.15, 0.2) is 11.4 Å². The lowest BCUT2D eigenvalue weighted by molar-refractivity contribution is -0.141. The molecule has 3 nitrogen and oxygen atoms in total. The molecule has 112 valence electrons. The van der Waals surface area contributed by atoms with Gasteiger partial charge >= 0.3 is 5.97 Å². The SMILES string of the molecule is Cc1ccsc1C(C)N(C)C1(CC(=O)O)CCCCC1. The number of carboxylic acids is 1. The first-order valence-electron chi connectivity index (χ1n) is 7.45. The fourth-order valence-electron chi connectivity index (χ4n) is 3.54.